The number of unbranched alkanes of at least 4 members (excludes halogenated alkanes) is 2. The van der Waals surface area contributed by atoms with Crippen LogP contribution in [0.15, 0.2) is 24.3 Å². The molecule has 3 atom stereocenters. The normalized spacial score (nSPS) is 14.0. The molecular weight excluding hydrogens is 470 g/mol. The topological polar surface area (TPSA) is 108 Å². The summed E-state index contributed by atoms with van der Waals surface area (Å²) in [6.45, 7) is 15.7. The summed E-state index contributed by atoms with van der Waals surface area (Å²) in [4.78, 5) is 42.0. The molecule has 0 aliphatic rings. The third-order valence-electron chi connectivity index (χ3n) is 5.84. The van der Waals surface area contributed by atoms with Crippen molar-refractivity contribution in [1.82, 2.24) is 15.5 Å². The number of hydrogen-bond donors (Lipinski definition) is 3. The molecule has 3 amide bonds. The number of phenolic OH excluding ortho intramolecular Hbond substituents is 1. The Morgan fingerprint density at radius 2 is 1.70 bits per heavy atom. The lowest BCUT2D eigenvalue weighted by molar-refractivity contribution is -0.143. The average molecular weight is 520 g/mol. The van der Waals surface area contributed by atoms with Gasteiger partial charge in [0.15, 0.2) is 0 Å². The maximum absolute atomic E-state index is 14.1. The van der Waals surface area contributed by atoms with E-state index in [2.05, 4.69) is 24.5 Å². The predicted molar refractivity (Wildman–Crippen MR) is 147 cm³/mol. The molecule has 1 aromatic rings. The van der Waals surface area contributed by atoms with E-state index in [9.17, 15) is 19.5 Å². The summed E-state index contributed by atoms with van der Waals surface area (Å²) >= 11 is 0. The number of alkyl carbamates (subject to hydrolysis) is 1. The standard InChI is InChI=1S/C29H49N3O5/c1-9-11-12-17-32(27(35)24(18-20(3)4)31-28(36)37-29(6,7)8)25(22-15-13-16-23(33)19-22)26(34)30-21(5)14-10-2/h13,15-16,19-21,24-25,33H,9-12,14,17-18H2,1-8H3,(H,30,34)(H,31,36). The van der Waals surface area contributed by atoms with Gasteiger partial charge in [0.2, 0.25) is 11.8 Å². The van der Waals surface area contributed by atoms with E-state index in [0.29, 0.717) is 24.9 Å². The monoisotopic (exact) mass is 519 g/mol. The van der Waals surface area contributed by atoms with Gasteiger partial charge in [-0.05, 0) is 70.6 Å². The zero-order valence-electron chi connectivity index (χ0n) is 24.1. The second-order valence-electron chi connectivity index (χ2n) is 11.3. The Morgan fingerprint density at radius 3 is 2.24 bits per heavy atom. The van der Waals surface area contributed by atoms with Crippen LogP contribution in [0.5, 0.6) is 5.75 Å². The quantitative estimate of drug-likeness (QED) is 0.273. The number of ether oxygens (including phenoxy) is 1. The van der Waals surface area contributed by atoms with Crippen molar-refractivity contribution in [3.05, 3.63) is 29.8 Å². The summed E-state index contributed by atoms with van der Waals surface area (Å²) in [6, 6.07) is 4.58. The number of aromatic hydroxyl groups is 1. The Hall–Kier alpha value is -2.77. The van der Waals surface area contributed by atoms with Crippen LogP contribution in [0, 0.1) is 5.92 Å². The molecule has 8 heteroatoms. The first-order chi connectivity index (χ1) is 17.3. The van der Waals surface area contributed by atoms with Crippen LogP contribution < -0.4 is 10.6 Å². The van der Waals surface area contributed by atoms with Crippen LogP contribution in [-0.2, 0) is 14.3 Å². The van der Waals surface area contributed by atoms with Crippen molar-refractivity contribution >= 4 is 17.9 Å². The van der Waals surface area contributed by atoms with E-state index in [-0.39, 0.29) is 29.5 Å². The fraction of sp³-hybridized carbons (Fsp3) is 0.690. The van der Waals surface area contributed by atoms with Gasteiger partial charge < -0.3 is 25.4 Å². The van der Waals surface area contributed by atoms with Crippen molar-refractivity contribution < 1.29 is 24.2 Å². The van der Waals surface area contributed by atoms with Crippen LogP contribution in [0.1, 0.15) is 106 Å². The molecule has 0 spiro atoms. The van der Waals surface area contributed by atoms with Crippen molar-refractivity contribution in [3.8, 4) is 5.75 Å². The first-order valence-electron chi connectivity index (χ1n) is 13.7. The first kappa shape index (κ1) is 32.3. The molecule has 3 N–H and O–H groups in total. The number of nitrogens with zero attached hydrogens (tertiary/aromatic N) is 1. The Labute approximate surface area is 223 Å². The fourth-order valence-corrected chi connectivity index (χ4v) is 4.24. The molecule has 0 saturated carbocycles. The van der Waals surface area contributed by atoms with Crippen molar-refractivity contribution in [2.24, 2.45) is 5.92 Å². The molecule has 1 aromatic carbocycles. The van der Waals surface area contributed by atoms with Crippen LogP contribution in [0.4, 0.5) is 4.79 Å². The minimum absolute atomic E-state index is 0.0171. The van der Waals surface area contributed by atoms with E-state index in [1.54, 1.807) is 37.8 Å². The number of nitrogens with one attached hydrogen (secondary N) is 2. The van der Waals surface area contributed by atoms with Crippen LogP contribution >= 0.6 is 0 Å². The molecule has 0 fully saturated rings. The van der Waals surface area contributed by atoms with E-state index in [1.807, 2.05) is 20.8 Å². The second kappa shape index (κ2) is 15.5. The second-order valence-corrected chi connectivity index (χ2v) is 11.3. The highest BCUT2D eigenvalue weighted by Crippen LogP contribution is 2.27. The highest BCUT2D eigenvalue weighted by atomic mass is 16.6. The molecule has 0 heterocycles. The summed E-state index contributed by atoms with van der Waals surface area (Å²) in [5, 5.41) is 16.0. The van der Waals surface area contributed by atoms with Crippen LogP contribution in [0.2, 0.25) is 0 Å². The molecule has 0 aliphatic carbocycles. The lowest BCUT2D eigenvalue weighted by atomic mass is 9.98. The summed E-state index contributed by atoms with van der Waals surface area (Å²) < 4.78 is 5.43. The van der Waals surface area contributed by atoms with Crippen molar-refractivity contribution in [2.45, 2.75) is 118 Å². The van der Waals surface area contributed by atoms with E-state index in [4.69, 9.17) is 4.74 Å². The van der Waals surface area contributed by atoms with Crippen molar-refractivity contribution in [3.63, 3.8) is 0 Å². The average Bonchev–Trinajstić information content (AvgIpc) is 2.76. The van der Waals surface area contributed by atoms with Gasteiger partial charge in [-0.3, -0.25) is 9.59 Å². The molecule has 0 bridgehead atoms. The lowest BCUT2D eigenvalue weighted by Crippen LogP contribution is -2.54. The molecule has 210 valence electrons. The van der Waals surface area contributed by atoms with Gasteiger partial charge in [-0.2, -0.15) is 0 Å². The highest BCUT2D eigenvalue weighted by molar-refractivity contribution is 5.92. The Bertz CT molecular complexity index is 865. The van der Waals surface area contributed by atoms with E-state index >= 15 is 0 Å². The van der Waals surface area contributed by atoms with E-state index < -0.39 is 23.8 Å². The molecule has 0 aromatic heterocycles. The largest absolute Gasteiger partial charge is 0.508 e. The first-order valence-corrected chi connectivity index (χ1v) is 13.7. The van der Waals surface area contributed by atoms with Gasteiger partial charge >= 0.3 is 6.09 Å². The fourth-order valence-electron chi connectivity index (χ4n) is 4.24. The zero-order valence-corrected chi connectivity index (χ0v) is 24.1. The number of carbonyl (C=O) groups is 3. The summed E-state index contributed by atoms with van der Waals surface area (Å²) in [6.07, 6.45) is 3.98. The highest BCUT2D eigenvalue weighted by Gasteiger charge is 2.36. The zero-order chi connectivity index (χ0) is 28.2. The van der Waals surface area contributed by atoms with Gasteiger partial charge in [0.1, 0.15) is 23.4 Å². The van der Waals surface area contributed by atoms with Gasteiger partial charge in [-0.25, -0.2) is 4.79 Å². The number of hydrogen-bond acceptors (Lipinski definition) is 5. The molecule has 0 radical (unpaired) electrons. The SMILES string of the molecule is CCCCCN(C(=O)C(CC(C)C)NC(=O)OC(C)(C)C)C(C(=O)NC(C)CCC)c1cccc(O)c1. The summed E-state index contributed by atoms with van der Waals surface area (Å²) in [5.41, 5.74) is -0.193. The number of carbonyl (C=O) groups excluding carboxylic acids is 3. The number of rotatable bonds is 14. The molecule has 8 nitrogen and oxygen atoms in total. The lowest BCUT2D eigenvalue weighted by Gasteiger charge is -2.35. The Balaban J connectivity index is 3.49. The summed E-state index contributed by atoms with van der Waals surface area (Å²) in [5.74, 6) is -0.526. The van der Waals surface area contributed by atoms with Gasteiger partial charge in [0.25, 0.3) is 0 Å². The molecule has 0 saturated heterocycles. The maximum Gasteiger partial charge on any atom is 0.408 e. The van der Waals surface area contributed by atoms with Gasteiger partial charge in [-0.15, -0.1) is 0 Å². The van der Waals surface area contributed by atoms with Crippen LogP contribution in [0.25, 0.3) is 0 Å². The van der Waals surface area contributed by atoms with Crippen LogP contribution in [-0.4, -0.2) is 52.1 Å². The third kappa shape index (κ3) is 11.9. The third-order valence-corrected chi connectivity index (χ3v) is 5.84. The van der Waals surface area contributed by atoms with E-state index in [1.165, 1.54) is 12.1 Å². The van der Waals surface area contributed by atoms with Crippen LogP contribution in [0.3, 0.4) is 0 Å². The smallest absolute Gasteiger partial charge is 0.408 e. The van der Waals surface area contributed by atoms with Gasteiger partial charge in [0, 0.05) is 12.6 Å². The van der Waals surface area contributed by atoms with Gasteiger partial charge in [0.05, 0.1) is 0 Å². The molecule has 1 rings (SSSR count). The molecule has 3 unspecified atom stereocenters. The van der Waals surface area contributed by atoms with Crippen molar-refractivity contribution in [1.29, 1.82) is 0 Å². The Morgan fingerprint density at radius 1 is 1.03 bits per heavy atom. The predicted octanol–water partition coefficient (Wildman–Crippen LogP) is 5.70. The number of amides is 3. The van der Waals surface area contributed by atoms with Gasteiger partial charge in [-0.1, -0.05) is 59.1 Å². The maximum atomic E-state index is 14.1. The Kier molecular flexibility index (Phi) is 13.5. The molecular formula is C29H49N3O5. The number of phenols is 1. The number of benzene rings is 1. The van der Waals surface area contributed by atoms with E-state index in [0.717, 1.165) is 25.7 Å². The summed E-state index contributed by atoms with van der Waals surface area (Å²) in [7, 11) is 0. The molecule has 37 heavy (non-hydrogen) atoms. The minimum atomic E-state index is -0.953. The molecule has 0 aliphatic heterocycles. The van der Waals surface area contributed by atoms with Crippen molar-refractivity contribution in [2.75, 3.05) is 6.54 Å². The minimum Gasteiger partial charge on any atom is -0.508 e.